The molecule has 1 atom stereocenters. The van der Waals surface area contributed by atoms with Gasteiger partial charge in [0.05, 0.1) is 13.2 Å². The molecule has 1 N–H and O–H groups in total. The smallest absolute Gasteiger partial charge is 0.221 e. The van der Waals surface area contributed by atoms with Gasteiger partial charge in [0.15, 0.2) is 11.5 Å². The summed E-state index contributed by atoms with van der Waals surface area (Å²) >= 11 is 5.95. The number of benzene rings is 2. The zero-order valence-corrected chi connectivity index (χ0v) is 16.5. The van der Waals surface area contributed by atoms with E-state index in [1.54, 1.807) is 31.4 Å². The van der Waals surface area contributed by atoms with Crippen molar-refractivity contribution in [2.75, 3.05) is 13.7 Å². The van der Waals surface area contributed by atoms with E-state index >= 15 is 0 Å². The van der Waals surface area contributed by atoms with Crippen LogP contribution in [0.2, 0.25) is 5.02 Å². The van der Waals surface area contributed by atoms with E-state index in [1.807, 2.05) is 19.1 Å². The number of ether oxygens (including phenoxy) is 2. The fourth-order valence-corrected chi connectivity index (χ4v) is 2.97. The fraction of sp³-hybridized carbons (Fsp3) is 0.273. The lowest BCUT2D eigenvalue weighted by Gasteiger charge is -2.15. The van der Waals surface area contributed by atoms with Crippen LogP contribution >= 0.6 is 11.6 Å². The van der Waals surface area contributed by atoms with Gasteiger partial charge < -0.3 is 14.8 Å². The number of terminal acetylenes is 1. The van der Waals surface area contributed by atoms with Crippen LogP contribution in [0.5, 0.6) is 11.5 Å². The summed E-state index contributed by atoms with van der Waals surface area (Å²) in [5.74, 6) is 3.29. The zero-order valence-electron chi connectivity index (χ0n) is 15.8. The topological polar surface area (TPSA) is 71.3 Å². The van der Waals surface area contributed by atoms with Gasteiger partial charge in [0, 0.05) is 11.4 Å². The van der Waals surface area contributed by atoms with Crippen LogP contribution in [-0.4, -0.2) is 19.6 Å². The minimum atomic E-state index is -0.723. The number of nitriles is 1. The summed E-state index contributed by atoms with van der Waals surface area (Å²) in [6.45, 7) is 2.01. The van der Waals surface area contributed by atoms with Crippen LogP contribution in [0.25, 0.3) is 0 Å². The van der Waals surface area contributed by atoms with Gasteiger partial charge in [0.1, 0.15) is 12.6 Å². The third-order valence-corrected chi connectivity index (χ3v) is 4.39. The van der Waals surface area contributed by atoms with Crippen molar-refractivity contribution in [1.29, 1.82) is 5.26 Å². The Kier molecular flexibility index (Phi) is 7.75. The third-order valence-electron chi connectivity index (χ3n) is 4.16. The van der Waals surface area contributed by atoms with Crippen molar-refractivity contribution in [2.24, 2.45) is 0 Å². The molecule has 0 aliphatic carbocycles. The highest BCUT2D eigenvalue weighted by Gasteiger charge is 2.16. The summed E-state index contributed by atoms with van der Waals surface area (Å²) in [4.78, 5) is 12.3. The lowest BCUT2D eigenvalue weighted by Crippen LogP contribution is -2.28. The highest BCUT2D eigenvalue weighted by molar-refractivity contribution is 6.30. The van der Waals surface area contributed by atoms with E-state index in [0.717, 1.165) is 16.7 Å². The molecule has 0 aromatic heterocycles. The van der Waals surface area contributed by atoms with Crippen molar-refractivity contribution in [3.8, 4) is 29.9 Å². The van der Waals surface area contributed by atoms with E-state index in [2.05, 4.69) is 17.3 Å². The number of hydrogen-bond donors (Lipinski definition) is 1. The number of hydrogen-bond acceptors (Lipinski definition) is 4. The maximum absolute atomic E-state index is 12.3. The molecule has 0 radical (unpaired) electrons. The number of amides is 1. The average molecular weight is 397 g/mol. The molecule has 0 saturated heterocycles. The molecule has 0 bridgehead atoms. The fourth-order valence-electron chi connectivity index (χ4n) is 2.74. The summed E-state index contributed by atoms with van der Waals surface area (Å²) in [6.07, 6.45) is 5.93. The number of aryl methyl sites for hydroxylation is 2. The Morgan fingerprint density at radius 3 is 2.71 bits per heavy atom. The van der Waals surface area contributed by atoms with E-state index in [-0.39, 0.29) is 18.9 Å². The van der Waals surface area contributed by atoms with Crippen LogP contribution in [0.1, 0.15) is 29.2 Å². The van der Waals surface area contributed by atoms with Gasteiger partial charge in [-0.05, 0) is 54.3 Å². The Morgan fingerprint density at radius 1 is 1.29 bits per heavy atom. The Balaban J connectivity index is 1.99. The van der Waals surface area contributed by atoms with E-state index in [4.69, 9.17) is 27.5 Å². The van der Waals surface area contributed by atoms with Gasteiger partial charge in [-0.3, -0.25) is 4.79 Å². The molecule has 144 valence electrons. The van der Waals surface area contributed by atoms with Crippen LogP contribution in [0.3, 0.4) is 0 Å². The van der Waals surface area contributed by atoms with Crippen LogP contribution in [0, 0.1) is 30.6 Å². The minimum absolute atomic E-state index is 0.151. The predicted molar refractivity (Wildman–Crippen MR) is 108 cm³/mol. The van der Waals surface area contributed by atoms with Gasteiger partial charge in [0.2, 0.25) is 5.91 Å². The Hall–Kier alpha value is -3.15. The van der Waals surface area contributed by atoms with E-state index in [9.17, 15) is 10.1 Å². The molecule has 28 heavy (non-hydrogen) atoms. The standard InChI is InChI=1S/C22H21ClN2O3/c1-4-11-28-20-9-5-16(13-21(20)27-3)6-10-22(26)25-19(14-24)18-8-7-17(23)12-15(18)2/h1,5,7-9,12-13,19H,6,10-11H2,2-3H3,(H,25,26). The lowest BCUT2D eigenvalue weighted by molar-refractivity contribution is -0.121. The summed E-state index contributed by atoms with van der Waals surface area (Å²) in [5, 5.41) is 12.8. The number of methoxy groups -OCH3 is 1. The number of rotatable bonds is 8. The van der Waals surface area contributed by atoms with Crippen LogP contribution in [-0.2, 0) is 11.2 Å². The van der Waals surface area contributed by atoms with Crippen molar-refractivity contribution in [2.45, 2.75) is 25.8 Å². The molecule has 1 amide bonds. The molecule has 2 rings (SSSR count). The van der Waals surface area contributed by atoms with Crippen molar-refractivity contribution >= 4 is 17.5 Å². The highest BCUT2D eigenvalue weighted by atomic mass is 35.5. The number of nitrogens with one attached hydrogen (secondary N) is 1. The Labute approximate surface area is 170 Å². The van der Waals surface area contributed by atoms with Crippen molar-refractivity contribution in [1.82, 2.24) is 5.32 Å². The second-order valence-corrected chi connectivity index (χ2v) is 6.54. The monoisotopic (exact) mass is 396 g/mol. The first-order valence-corrected chi connectivity index (χ1v) is 9.04. The molecule has 0 spiro atoms. The summed E-state index contributed by atoms with van der Waals surface area (Å²) in [6, 6.07) is 12.1. The Morgan fingerprint density at radius 2 is 2.07 bits per heavy atom. The number of halogens is 1. The second-order valence-electron chi connectivity index (χ2n) is 6.11. The van der Waals surface area contributed by atoms with Gasteiger partial charge in [-0.15, -0.1) is 6.42 Å². The SMILES string of the molecule is C#CCOc1ccc(CCC(=O)NC(C#N)c2ccc(Cl)cc2C)cc1OC. The average Bonchev–Trinajstić information content (AvgIpc) is 2.69. The molecule has 0 aliphatic rings. The van der Waals surface area contributed by atoms with E-state index < -0.39 is 6.04 Å². The van der Waals surface area contributed by atoms with Gasteiger partial charge in [0.25, 0.3) is 0 Å². The molecule has 0 aliphatic heterocycles. The first kappa shape index (κ1) is 21.2. The molecule has 0 fully saturated rings. The van der Waals surface area contributed by atoms with Gasteiger partial charge in [-0.2, -0.15) is 5.26 Å². The zero-order chi connectivity index (χ0) is 20.5. The molecule has 5 nitrogen and oxygen atoms in total. The quantitative estimate of drug-likeness (QED) is 0.685. The number of nitrogens with zero attached hydrogens (tertiary/aromatic N) is 1. The first-order chi connectivity index (χ1) is 13.5. The predicted octanol–water partition coefficient (Wildman–Crippen LogP) is 3.98. The minimum Gasteiger partial charge on any atom is -0.493 e. The number of carbonyl (C=O) groups is 1. The van der Waals surface area contributed by atoms with Gasteiger partial charge in [-0.25, -0.2) is 0 Å². The van der Waals surface area contributed by atoms with Crippen LogP contribution < -0.4 is 14.8 Å². The highest BCUT2D eigenvalue weighted by Crippen LogP contribution is 2.28. The van der Waals surface area contributed by atoms with Crippen LogP contribution in [0.15, 0.2) is 36.4 Å². The largest absolute Gasteiger partial charge is 0.493 e. The first-order valence-electron chi connectivity index (χ1n) is 8.66. The normalized spacial score (nSPS) is 11.0. The second kappa shape index (κ2) is 10.3. The van der Waals surface area contributed by atoms with Gasteiger partial charge >= 0.3 is 0 Å². The summed E-state index contributed by atoms with van der Waals surface area (Å²) in [7, 11) is 1.54. The Bertz CT molecular complexity index is 928. The van der Waals surface area contributed by atoms with Crippen molar-refractivity contribution in [3.05, 3.63) is 58.1 Å². The maximum Gasteiger partial charge on any atom is 0.221 e. The number of carbonyl (C=O) groups excluding carboxylic acids is 1. The van der Waals surface area contributed by atoms with Crippen molar-refractivity contribution < 1.29 is 14.3 Å². The molecule has 0 heterocycles. The molecule has 2 aromatic carbocycles. The van der Waals surface area contributed by atoms with Crippen LogP contribution in [0.4, 0.5) is 0 Å². The van der Waals surface area contributed by atoms with E-state index in [1.165, 1.54) is 0 Å². The van der Waals surface area contributed by atoms with Crippen molar-refractivity contribution in [3.63, 3.8) is 0 Å². The molecule has 2 aromatic rings. The maximum atomic E-state index is 12.3. The molecule has 6 heteroatoms. The molecular formula is C22H21ClN2O3. The summed E-state index contributed by atoms with van der Waals surface area (Å²) in [5.41, 5.74) is 2.50. The molecule has 1 unspecified atom stereocenters. The summed E-state index contributed by atoms with van der Waals surface area (Å²) < 4.78 is 10.7. The third kappa shape index (κ3) is 5.67. The van der Waals surface area contributed by atoms with Gasteiger partial charge in [-0.1, -0.05) is 29.7 Å². The van der Waals surface area contributed by atoms with E-state index in [0.29, 0.717) is 22.9 Å². The molecule has 0 saturated carbocycles. The lowest BCUT2D eigenvalue weighted by atomic mass is 10.0. The molecular weight excluding hydrogens is 376 g/mol.